The highest BCUT2D eigenvalue weighted by molar-refractivity contribution is 9.10. The highest BCUT2D eigenvalue weighted by Gasteiger charge is 2.16. The highest BCUT2D eigenvalue weighted by Crippen LogP contribution is 2.13. The van der Waals surface area contributed by atoms with Crippen LogP contribution in [0, 0.1) is 0 Å². The fraction of sp³-hybridized carbons (Fsp3) is 0.417. The lowest BCUT2D eigenvalue weighted by molar-refractivity contribution is -0.121. The van der Waals surface area contributed by atoms with Gasteiger partial charge in [-0.25, -0.2) is 0 Å². The Hall–Kier alpha value is -0.670. The van der Waals surface area contributed by atoms with Gasteiger partial charge in [0.1, 0.15) is 5.78 Å². The molecule has 0 aliphatic rings. The van der Waals surface area contributed by atoms with Gasteiger partial charge in [-0.15, -0.1) is 0 Å². The van der Waals surface area contributed by atoms with Crippen LogP contribution in [0.2, 0.25) is 0 Å². The van der Waals surface area contributed by atoms with E-state index < -0.39 is 0 Å². The number of carbonyl (C=O) groups excluding carboxylic acids is 1. The zero-order chi connectivity index (χ0) is 11.4. The summed E-state index contributed by atoms with van der Waals surface area (Å²) < 4.78 is 1.07. The summed E-state index contributed by atoms with van der Waals surface area (Å²) in [6.45, 7) is 1.64. The van der Waals surface area contributed by atoms with Crippen molar-refractivity contribution in [3.63, 3.8) is 0 Å². The zero-order valence-electron chi connectivity index (χ0n) is 9.33. The summed E-state index contributed by atoms with van der Waals surface area (Å²) in [7, 11) is 3.87. The number of benzene rings is 1. The van der Waals surface area contributed by atoms with Gasteiger partial charge in [0.2, 0.25) is 0 Å². The predicted octanol–water partition coefficient (Wildman–Crippen LogP) is 2.51. The fourth-order valence-electron chi connectivity index (χ4n) is 1.53. The van der Waals surface area contributed by atoms with Crippen molar-refractivity contribution in [3.05, 3.63) is 34.3 Å². The molecule has 0 saturated heterocycles. The van der Waals surface area contributed by atoms with Gasteiger partial charge in [-0.05, 0) is 45.1 Å². The molecule has 0 heterocycles. The summed E-state index contributed by atoms with van der Waals surface area (Å²) in [5.41, 5.74) is 1.19. The first kappa shape index (κ1) is 12.4. The second kappa shape index (κ2) is 5.42. The van der Waals surface area contributed by atoms with Crippen LogP contribution in [0.3, 0.4) is 0 Å². The first-order valence-electron chi connectivity index (χ1n) is 4.92. The summed E-state index contributed by atoms with van der Waals surface area (Å²) in [5, 5.41) is 0. The van der Waals surface area contributed by atoms with Crippen LogP contribution >= 0.6 is 15.9 Å². The number of Topliss-reactive ketones (excluding diaryl/α,β-unsaturated/α-hetero) is 1. The Morgan fingerprint density at radius 1 is 1.33 bits per heavy atom. The number of hydrogen-bond donors (Lipinski definition) is 0. The molecule has 1 rings (SSSR count). The molecule has 3 heteroatoms. The number of nitrogens with zero attached hydrogens (tertiary/aromatic N) is 1. The van der Waals surface area contributed by atoms with Crippen molar-refractivity contribution in [3.8, 4) is 0 Å². The third-order valence-electron chi connectivity index (χ3n) is 2.43. The monoisotopic (exact) mass is 269 g/mol. The molecule has 0 aliphatic carbocycles. The molecular formula is C12H16BrNO. The van der Waals surface area contributed by atoms with E-state index in [2.05, 4.69) is 15.9 Å². The van der Waals surface area contributed by atoms with Crippen molar-refractivity contribution in [2.24, 2.45) is 0 Å². The molecule has 2 nitrogen and oxygen atoms in total. The minimum absolute atomic E-state index is 0.0221. The van der Waals surface area contributed by atoms with Crippen LogP contribution in [0.25, 0.3) is 0 Å². The van der Waals surface area contributed by atoms with Gasteiger partial charge >= 0.3 is 0 Å². The predicted molar refractivity (Wildman–Crippen MR) is 66.0 cm³/mol. The van der Waals surface area contributed by atoms with Crippen molar-refractivity contribution in [2.75, 3.05) is 14.1 Å². The van der Waals surface area contributed by atoms with Gasteiger partial charge in [0.15, 0.2) is 0 Å². The number of halogens is 1. The highest BCUT2D eigenvalue weighted by atomic mass is 79.9. The molecular weight excluding hydrogens is 254 g/mol. The van der Waals surface area contributed by atoms with E-state index in [1.165, 1.54) is 5.56 Å². The van der Waals surface area contributed by atoms with E-state index in [1.54, 1.807) is 6.92 Å². The van der Waals surface area contributed by atoms with Crippen molar-refractivity contribution in [2.45, 2.75) is 19.4 Å². The van der Waals surface area contributed by atoms with Gasteiger partial charge in [0, 0.05) is 4.47 Å². The maximum absolute atomic E-state index is 11.4. The topological polar surface area (TPSA) is 20.3 Å². The van der Waals surface area contributed by atoms with E-state index in [0.29, 0.717) is 0 Å². The lowest BCUT2D eigenvalue weighted by Gasteiger charge is -2.21. The number of hydrogen-bond acceptors (Lipinski definition) is 2. The maximum atomic E-state index is 11.4. The number of rotatable bonds is 4. The first-order valence-corrected chi connectivity index (χ1v) is 5.71. The Morgan fingerprint density at radius 3 is 2.27 bits per heavy atom. The Bertz CT molecular complexity index is 332. The molecule has 0 amide bonds. The molecule has 1 aromatic rings. The summed E-state index contributed by atoms with van der Waals surface area (Å²) in [6, 6.07) is 8.07. The van der Waals surface area contributed by atoms with Gasteiger partial charge in [-0.3, -0.25) is 9.69 Å². The smallest absolute Gasteiger partial charge is 0.147 e. The minimum Gasteiger partial charge on any atom is -0.299 e. The van der Waals surface area contributed by atoms with E-state index in [-0.39, 0.29) is 11.8 Å². The van der Waals surface area contributed by atoms with Crippen LogP contribution < -0.4 is 0 Å². The molecule has 0 radical (unpaired) electrons. The molecule has 1 aromatic carbocycles. The number of carbonyl (C=O) groups is 1. The van der Waals surface area contributed by atoms with Gasteiger partial charge in [0.25, 0.3) is 0 Å². The van der Waals surface area contributed by atoms with Gasteiger partial charge < -0.3 is 0 Å². The maximum Gasteiger partial charge on any atom is 0.147 e. The van der Waals surface area contributed by atoms with Crippen LogP contribution in [0.5, 0.6) is 0 Å². The first-order chi connectivity index (χ1) is 7.00. The van der Waals surface area contributed by atoms with E-state index in [9.17, 15) is 4.79 Å². The Morgan fingerprint density at radius 2 is 1.87 bits per heavy atom. The normalized spacial score (nSPS) is 12.9. The van der Waals surface area contributed by atoms with Crippen LogP contribution in [-0.2, 0) is 11.2 Å². The van der Waals surface area contributed by atoms with Crippen LogP contribution in [0.4, 0.5) is 0 Å². The van der Waals surface area contributed by atoms with E-state index in [1.807, 2.05) is 43.3 Å². The van der Waals surface area contributed by atoms with Crippen LogP contribution in [0.1, 0.15) is 12.5 Å². The van der Waals surface area contributed by atoms with Crippen LogP contribution in [0.15, 0.2) is 28.7 Å². The largest absolute Gasteiger partial charge is 0.299 e. The molecule has 15 heavy (non-hydrogen) atoms. The average Bonchev–Trinajstić information content (AvgIpc) is 2.15. The third-order valence-corrected chi connectivity index (χ3v) is 2.96. The molecule has 0 N–H and O–H groups in total. The van der Waals surface area contributed by atoms with E-state index in [4.69, 9.17) is 0 Å². The quantitative estimate of drug-likeness (QED) is 0.837. The van der Waals surface area contributed by atoms with Crippen molar-refractivity contribution >= 4 is 21.7 Å². The standard InChI is InChI=1S/C12H16BrNO/c1-9(15)12(14(2)3)8-10-4-6-11(13)7-5-10/h4-7,12H,8H2,1-3H3. The third kappa shape index (κ3) is 3.76. The van der Waals surface area contributed by atoms with Gasteiger partial charge in [-0.2, -0.15) is 0 Å². The van der Waals surface area contributed by atoms with Gasteiger partial charge in [0.05, 0.1) is 6.04 Å². The minimum atomic E-state index is -0.0221. The summed E-state index contributed by atoms with van der Waals surface area (Å²) in [6.07, 6.45) is 0.773. The van der Waals surface area contributed by atoms with Crippen molar-refractivity contribution < 1.29 is 4.79 Å². The molecule has 0 fully saturated rings. The molecule has 82 valence electrons. The van der Waals surface area contributed by atoms with Crippen molar-refractivity contribution in [1.29, 1.82) is 0 Å². The molecule has 0 aromatic heterocycles. The number of ketones is 1. The molecule has 1 unspecified atom stereocenters. The zero-order valence-corrected chi connectivity index (χ0v) is 10.9. The Kier molecular flexibility index (Phi) is 4.48. The number of likely N-dealkylation sites (N-methyl/N-ethyl adjacent to an activating group) is 1. The second-order valence-electron chi connectivity index (χ2n) is 3.92. The molecule has 0 aliphatic heterocycles. The fourth-order valence-corrected chi connectivity index (χ4v) is 1.80. The van der Waals surface area contributed by atoms with Gasteiger partial charge in [-0.1, -0.05) is 28.1 Å². The average molecular weight is 270 g/mol. The summed E-state index contributed by atoms with van der Waals surface area (Å²) >= 11 is 3.39. The SMILES string of the molecule is CC(=O)C(Cc1ccc(Br)cc1)N(C)C. The van der Waals surface area contributed by atoms with E-state index in [0.717, 1.165) is 10.9 Å². The van der Waals surface area contributed by atoms with Crippen molar-refractivity contribution in [1.82, 2.24) is 4.90 Å². The Labute approximate surface area is 99.4 Å². The second-order valence-corrected chi connectivity index (χ2v) is 4.84. The van der Waals surface area contributed by atoms with E-state index >= 15 is 0 Å². The molecule has 0 saturated carbocycles. The summed E-state index contributed by atoms with van der Waals surface area (Å²) in [5.74, 6) is 0.211. The Balaban J connectivity index is 2.74. The lowest BCUT2D eigenvalue weighted by Crippen LogP contribution is -2.36. The lowest BCUT2D eigenvalue weighted by atomic mass is 10.0. The molecule has 0 spiro atoms. The summed E-state index contributed by atoms with van der Waals surface area (Å²) in [4.78, 5) is 13.4. The molecule has 0 bridgehead atoms. The van der Waals surface area contributed by atoms with Crippen LogP contribution in [-0.4, -0.2) is 30.8 Å². The molecule has 1 atom stereocenters.